The topological polar surface area (TPSA) is 87.3 Å². The van der Waals surface area contributed by atoms with Gasteiger partial charge in [0.05, 0.1) is 22.2 Å². The van der Waals surface area contributed by atoms with Crippen molar-refractivity contribution in [3.63, 3.8) is 0 Å². The lowest BCUT2D eigenvalue weighted by Gasteiger charge is -2.20. The SMILES string of the molecule is CCOc1cc(C=C2C(=N)N3N=C(c4ccccc4Cl)SC3=NC2=O)cc(Cl)c1OCc1ccccc1Cl. The molecule has 0 unspecified atom stereocenters. The fourth-order valence-corrected chi connectivity index (χ4v) is 5.42. The van der Waals surface area contributed by atoms with Crippen LogP contribution in [0.5, 0.6) is 11.5 Å². The highest BCUT2D eigenvalue weighted by Crippen LogP contribution is 2.39. The van der Waals surface area contributed by atoms with Gasteiger partial charge < -0.3 is 9.47 Å². The monoisotopic (exact) mass is 584 g/mol. The maximum Gasteiger partial charge on any atom is 0.283 e. The molecule has 0 aromatic heterocycles. The molecule has 192 valence electrons. The predicted molar refractivity (Wildman–Crippen MR) is 154 cm³/mol. The molecule has 0 bridgehead atoms. The van der Waals surface area contributed by atoms with E-state index in [-0.39, 0.29) is 23.0 Å². The second-order valence-corrected chi connectivity index (χ2v) is 10.2. The van der Waals surface area contributed by atoms with Gasteiger partial charge in [-0.05, 0) is 54.6 Å². The number of amidine groups is 2. The van der Waals surface area contributed by atoms with Crippen molar-refractivity contribution in [3.05, 3.63) is 98.0 Å². The Bertz CT molecular complexity index is 1550. The molecular weight excluding hydrogens is 567 g/mol. The second kappa shape index (κ2) is 11.2. The van der Waals surface area contributed by atoms with E-state index in [9.17, 15) is 4.79 Å². The molecule has 11 heteroatoms. The van der Waals surface area contributed by atoms with E-state index in [2.05, 4.69) is 10.1 Å². The maximum absolute atomic E-state index is 12.9. The lowest BCUT2D eigenvalue weighted by atomic mass is 10.1. The van der Waals surface area contributed by atoms with Gasteiger partial charge in [-0.25, -0.2) is 0 Å². The lowest BCUT2D eigenvalue weighted by molar-refractivity contribution is -0.114. The first-order chi connectivity index (χ1) is 18.4. The van der Waals surface area contributed by atoms with Crippen LogP contribution < -0.4 is 9.47 Å². The van der Waals surface area contributed by atoms with E-state index in [4.69, 9.17) is 49.7 Å². The number of carbonyl (C=O) groups excluding carboxylic acids is 1. The van der Waals surface area contributed by atoms with E-state index in [0.717, 1.165) is 5.56 Å². The van der Waals surface area contributed by atoms with Crippen molar-refractivity contribution in [2.75, 3.05) is 6.61 Å². The zero-order valence-corrected chi connectivity index (χ0v) is 23.0. The Morgan fingerprint density at radius 1 is 1.00 bits per heavy atom. The Labute approximate surface area is 238 Å². The molecule has 0 fully saturated rings. The molecule has 0 radical (unpaired) electrons. The molecule has 3 aromatic carbocycles. The molecule has 0 atom stereocenters. The molecule has 0 aliphatic carbocycles. The van der Waals surface area contributed by atoms with Gasteiger partial charge in [0.15, 0.2) is 17.3 Å². The van der Waals surface area contributed by atoms with E-state index in [1.165, 1.54) is 22.8 Å². The predicted octanol–water partition coefficient (Wildman–Crippen LogP) is 7.29. The fraction of sp³-hybridized carbons (Fsp3) is 0.111. The van der Waals surface area contributed by atoms with Gasteiger partial charge in [0.25, 0.3) is 5.91 Å². The van der Waals surface area contributed by atoms with Crippen molar-refractivity contribution in [3.8, 4) is 11.5 Å². The Morgan fingerprint density at radius 3 is 2.47 bits per heavy atom. The van der Waals surface area contributed by atoms with Crippen LogP contribution in [0, 0.1) is 5.41 Å². The highest BCUT2D eigenvalue weighted by molar-refractivity contribution is 8.27. The number of thioether (sulfide) groups is 1. The molecule has 2 heterocycles. The molecular formula is C27H19Cl3N4O3S. The average molecular weight is 586 g/mol. The van der Waals surface area contributed by atoms with E-state index in [1.807, 2.05) is 43.3 Å². The third kappa shape index (κ3) is 5.31. The number of hydrazone groups is 1. The molecule has 5 rings (SSSR count). The molecule has 38 heavy (non-hydrogen) atoms. The number of nitrogens with zero attached hydrogens (tertiary/aromatic N) is 3. The Hall–Kier alpha value is -3.30. The first-order valence-electron chi connectivity index (χ1n) is 11.4. The third-order valence-electron chi connectivity index (χ3n) is 5.53. The number of rotatable bonds is 7. The lowest BCUT2D eigenvalue weighted by Crippen LogP contribution is -2.35. The maximum atomic E-state index is 12.9. The second-order valence-electron chi connectivity index (χ2n) is 8.05. The normalized spacial score (nSPS) is 15.9. The molecule has 0 spiro atoms. The minimum Gasteiger partial charge on any atom is -0.490 e. The molecule has 2 aliphatic heterocycles. The van der Waals surface area contributed by atoms with Crippen molar-refractivity contribution in [1.82, 2.24) is 5.01 Å². The van der Waals surface area contributed by atoms with Crippen LogP contribution in [0.3, 0.4) is 0 Å². The number of nitrogens with one attached hydrogen (secondary N) is 1. The number of carbonyl (C=O) groups is 1. The van der Waals surface area contributed by atoms with Gasteiger partial charge in [0, 0.05) is 16.1 Å². The van der Waals surface area contributed by atoms with Crippen LogP contribution in [-0.2, 0) is 11.4 Å². The number of hydrogen-bond acceptors (Lipinski definition) is 6. The number of benzene rings is 3. The minimum absolute atomic E-state index is 0.0572. The van der Waals surface area contributed by atoms with Gasteiger partial charge in [-0.15, -0.1) is 0 Å². The largest absolute Gasteiger partial charge is 0.490 e. The number of aliphatic imine (C=N–C) groups is 1. The smallest absolute Gasteiger partial charge is 0.283 e. The van der Waals surface area contributed by atoms with Crippen molar-refractivity contribution in [1.29, 1.82) is 5.41 Å². The van der Waals surface area contributed by atoms with Gasteiger partial charge in [-0.3, -0.25) is 10.2 Å². The summed E-state index contributed by atoms with van der Waals surface area (Å²) in [5, 5.41) is 16.7. The van der Waals surface area contributed by atoms with Crippen LogP contribution in [0.25, 0.3) is 6.08 Å². The van der Waals surface area contributed by atoms with Crippen LogP contribution in [0.15, 0.2) is 76.3 Å². The number of amides is 1. The van der Waals surface area contributed by atoms with Gasteiger partial charge in [0.2, 0.25) is 5.17 Å². The number of fused-ring (bicyclic) bond motifs is 1. The number of ether oxygens (including phenoxy) is 2. The summed E-state index contributed by atoms with van der Waals surface area (Å²) >= 11 is 20.3. The molecule has 0 saturated heterocycles. The standard InChI is InChI=1S/C27H19Cl3N4O3S/c1-2-36-22-13-15(12-21(30)23(22)37-14-16-7-3-5-9-19(16)28)11-18-24(31)34-27(32-25(18)35)38-26(33-34)17-8-4-6-10-20(17)29/h3-13,31H,2,14H2,1H3. The zero-order valence-electron chi connectivity index (χ0n) is 19.9. The van der Waals surface area contributed by atoms with Crippen molar-refractivity contribution in [2.24, 2.45) is 10.1 Å². The zero-order chi connectivity index (χ0) is 26.8. The highest BCUT2D eigenvalue weighted by Gasteiger charge is 2.36. The summed E-state index contributed by atoms with van der Waals surface area (Å²) in [6.07, 6.45) is 1.53. The highest BCUT2D eigenvalue weighted by atomic mass is 35.5. The summed E-state index contributed by atoms with van der Waals surface area (Å²) in [5.74, 6) is 0.0830. The number of hydrogen-bond donors (Lipinski definition) is 1. The molecule has 1 amide bonds. The van der Waals surface area contributed by atoms with E-state index < -0.39 is 5.91 Å². The molecule has 2 aliphatic rings. The van der Waals surface area contributed by atoms with Gasteiger partial charge in [-0.1, -0.05) is 71.2 Å². The van der Waals surface area contributed by atoms with Crippen LogP contribution >= 0.6 is 46.6 Å². The first kappa shape index (κ1) is 26.3. The van der Waals surface area contributed by atoms with Crippen LogP contribution in [0.1, 0.15) is 23.6 Å². The Morgan fingerprint density at radius 2 is 1.74 bits per heavy atom. The summed E-state index contributed by atoms with van der Waals surface area (Å²) in [4.78, 5) is 17.0. The first-order valence-corrected chi connectivity index (χ1v) is 13.4. The van der Waals surface area contributed by atoms with Crippen molar-refractivity contribution >= 4 is 74.6 Å². The summed E-state index contributed by atoms with van der Waals surface area (Å²) < 4.78 is 11.7. The summed E-state index contributed by atoms with van der Waals surface area (Å²) in [7, 11) is 0. The van der Waals surface area contributed by atoms with Crippen molar-refractivity contribution in [2.45, 2.75) is 13.5 Å². The molecule has 3 aromatic rings. The molecule has 7 nitrogen and oxygen atoms in total. The van der Waals surface area contributed by atoms with Crippen molar-refractivity contribution < 1.29 is 14.3 Å². The minimum atomic E-state index is -0.558. The summed E-state index contributed by atoms with van der Waals surface area (Å²) in [6.45, 7) is 2.40. The van der Waals surface area contributed by atoms with Crippen LogP contribution in [-0.4, -0.2) is 33.6 Å². The van der Waals surface area contributed by atoms with Gasteiger partial charge in [0.1, 0.15) is 11.7 Å². The van der Waals surface area contributed by atoms with Crippen LogP contribution in [0.4, 0.5) is 0 Å². The van der Waals surface area contributed by atoms with E-state index in [0.29, 0.717) is 49.5 Å². The van der Waals surface area contributed by atoms with Gasteiger partial charge in [-0.2, -0.15) is 15.1 Å². The average Bonchev–Trinajstić information content (AvgIpc) is 3.31. The van der Waals surface area contributed by atoms with Crippen LogP contribution in [0.2, 0.25) is 15.1 Å². The van der Waals surface area contributed by atoms with E-state index >= 15 is 0 Å². The quantitative estimate of drug-likeness (QED) is 0.294. The third-order valence-corrected chi connectivity index (χ3v) is 7.45. The molecule has 1 N–H and O–H groups in total. The summed E-state index contributed by atoms with van der Waals surface area (Å²) in [6, 6.07) is 17.9. The van der Waals surface area contributed by atoms with E-state index in [1.54, 1.807) is 24.3 Å². The summed E-state index contributed by atoms with van der Waals surface area (Å²) in [5.41, 5.74) is 2.09. The fourth-order valence-electron chi connectivity index (χ4n) is 3.74. The Balaban J connectivity index is 1.44. The van der Waals surface area contributed by atoms with Gasteiger partial charge >= 0.3 is 0 Å². The number of halogens is 3. The Kier molecular flexibility index (Phi) is 7.76. The molecule has 0 saturated carbocycles.